The molecular formula is C13H18FNO. The Bertz CT molecular complexity index is 328. The zero-order valence-corrected chi connectivity index (χ0v) is 9.63. The first-order valence-corrected chi connectivity index (χ1v) is 5.84. The van der Waals surface area contributed by atoms with E-state index in [0.717, 1.165) is 38.2 Å². The van der Waals surface area contributed by atoms with E-state index in [9.17, 15) is 4.39 Å². The molecule has 2 rings (SSSR count). The van der Waals surface area contributed by atoms with Crippen molar-refractivity contribution in [2.75, 3.05) is 25.1 Å². The Labute approximate surface area is 95.8 Å². The molecule has 1 heterocycles. The molecular weight excluding hydrogens is 205 g/mol. The molecule has 1 aromatic rings. The van der Waals surface area contributed by atoms with Crippen LogP contribution in [0.4, 0.5) is 10.1 Å². The molecule has 0 amide bonds. The second-order valence-corrected chi connectivity index (χ2v) is 4.37. The fraction of sp³-hybridized carbons (Fsp3) is 0.538. The molecule has 0 aliphatic carbocycles. The van der Waals surface area contributed by atoms with Crippen molar-refractivity contribution < 1.29 is 9.13 Å². The molecule has 1 aromatic carbocycles. The van der Waals surface area contributed by atoms with Gasteiger partial charge in [0.05, 0.1) is 5.69 Å². The highest BCUT2D eigenvalue weighted by atomic mass is 19.1. The molecule has 0 aromatic heterocycles. The fourth-order valence-electron chi connectivity index (χ4n) is 2.05. The van der Waals surface area contributed by atoms with Gasteiger partial charge in [0.25, 0.3) is 0 Å². The van der Waals surface area contributed by atoms with Crippen LogP contribution < -0.4 is 5.32 Å². The van der Waals surface area contributed by atoms with Crippen LogP contribution in [0.5, 0.6) is 0 Å². The standard InChI is InChI=1S/C13H18FNO/c1-10-3-2-4-12(14)13(10)15-9-11-5-7-16-8-6-11/h2-4,11,15H,5-9H2,1H3. The maximum atomic E-state index is 13.5. The number of halogens is 1. The first-order valence-electron chi connectivity index (χ1n) is 5.84. The van der Waals surface area contributed by atoms with Crippen LogP contribution in [0.25, 0.3) is 0 Å². The molecule has 16 heavy (non-hydrogen) atoms. The van der Waals surface area contributed by atoms with E-state index in [1.54, 1.807) is 6.07 Å². The zero-order valence-electron chi connectivity index (χ0n) is 9.63. The van der Waals surface area contributed by atoms with Crippen molar-refractivity contribution in [1.82, 2.24) is 0 Å². The molecule has 0 radical (unpaired) electrons. The molecule has 3 heteroatoms. The van der Waals surface area contributed by atoms with Crippen LogP contribution in [-0.2, 0) is 4.74 Å². The van der Waals surface area contributed by atoms with E-state index in [2.05, 4.69) is 5.32 Å². The van der Waals surface area contributed by atoms with E-state index in [0.29, 0.717) is 11.6 Å². The number of rotatable bonds is 3. The summed E-state index contributed by atoms with van der Waals surface area (Å²) in [6, 6.07) is 5.17. The normalized spacial score (nSPS) is 17.4. The number of anilines is 1. The predicted octanol–water partition coefficient (Wildman–Crippen LogP) is 2.97. The molecule has 1 aliphatic heterocycles. The summed E-state index contributed by atoms with van der Waals surface area (Å²) >= 11 is 0. The minimum Gasteiger partial charge on any atom is -0.382 e. The van der Waals surface area contributed by atoms with Crippen LogP contribution in [0.1, 0.15) is 18.4 Å². The first-order chi connectivity index (χ1) is 7.77. The Hall–Kier alpha value is -1.09. The van der Waals surface area contributed by atoms with E-state index >= 15 is 0 Å². The van der Waals surface area contributed by atoms with E-state index < -0.39 is 0 Å². The summed E-state index contributed by atoms with van der Waals surface area (Å²) in [6.07, 6.45) is 2.14. The molecule has 0 saturated carbocycles. The third kappa shape index (κ3) is 2.73. The van der Waals surface area contributed by atoms with Crippen molar-refractivity contribution in [3.05, 3.63) is 29.6 Å². The van der Waals surface area contributed by atoms with Gasteiger partial charge in [-0.2, -0.15) is 0 Å². The average molecular weight is 223 g/mol. The highest BCUT2D eigenvalue weighted by molar-refractivity contribution is 5.51. The van der Waals surface area contributed by atoms with E-state index in [4.69, 9.17) is 4.74 Å². The Balaban J connectivity index is 1.93. The molecule has 1 saturated heterocycles. The Kier molecular flexibility index (Phi) is 3.78. The van der Waals surface area contributed by atoms with Gasteiger partial charge in [0.15, 0.2) is 0 Å². The Morgan fingerprint density at radius 1 is 1.38 bits per heavy atom. The maximum absolute atomic E-state index is 13.5. The van der Waals surface area contributed by atoms with Crippen molar-refractivity contribution in [1.29, 1.82) is 0 Å². The lowest BCUT2D eigenvalue weighted by atomic mass is 10.00. The van der Waals surface area contributed by atoms with Crippen LogP contribution in [-0.4, -0.2) is 19.8 Å². The summed E-state index contributed by atoms with van der Waals surface area (Å²) in [5.41, 5.74) is 1.61. The molecule has 0 atom stereocenters. The quantitative estimate of drug-likeness (QED) is 0.850. The summed E-state index contributed by atoms with van der Waals surface area (Å²) in [7, 11) is 0. The van der Waals surface area contributed by atoms with E-state index in [1.807, 2.05) is 13.0 Å². The van der Waals surface area contributed by atoms with Gasteiger partial charge in [-0.25, -0.2) is 4.39 Å². The lowest BCUT2D eigenvalue weighted by Gasteiger charge is -2.23. The van der Waals surface area contributed by atoms with Crippen molar-refractivity contribution in [3.8, 4) is 0 Å². The van der Waals surface area contributed by atoms with Crippen molar-refractivity contribution in [2.45, 2.75) is 19.8 Å². The number of para-hydroxylation sites is 1. The monoisotopic (exact) mass is 223 g/mol. The highest BCUT2D eigenvalue weighted by Crippen LogP contribution is 2.21. The Morgan fingerprint density at radius 3 is 2.81 bits per heavy atom. The minimum atomic E-state index is -0.160. The number of ether oxygens (including phenoxy) is 1. The maximum Gasteiger partial charge on any atom is 0.146 e. The van der Waals surface area contributed by atoms with Gasteiger partial charge in [-0.15, -0.1) is 0 Å². The van der Waals surface area contributed by atoms with Crippen LogP contribution in [0.2, 0.25) is 0 Å². The van der Waals surface area contributed by atoms with Gasteiger partial charge >= 0.3 is 0 Å². The number of nitrogens with one attached hydrogen (secondary N) is 1. The Morgan fingerprint density at radius 2 is 2.12 bits per heavy atom. The van der Waals surface area contributed by atoms with E-state index in [1.165, 1.54) is 6.07 Å². The average Bonchev–Trinajstić information content (AvgIpc) is 2.30. The van der Waals surface area contributed by atoms with Gasteiger partial charge in [0.1, 0.15) is 5.82 Å². The molecule has 0 spiro atoms. The number of hydrogen-bond donors (Lipinski definition) is 1. The lowest BCUT2D eigenvalue weighted by molar-refractivity contribution is 0.0699. The van der Waals surface area contributed by atoms with Gasteiger partial charge in [-0.05, 0) is 37.3 Å². The molecule has 2 nitrogen and oxygen atoms in total. The van der Waals surface area contributed by atoms with Crippen molar-refractivity contribution >= 4 is 5.69 Å². The van der Waals surface area contributed by atoms with Crippen molar-refractivity contribution in [2.24, 2.45) is 5.92 Å². The van der Waals surface area contributed by atoms with Gasteiger partial charge in [0.2, 0.25) is 0 Å². The van der Waals surface area contributed by atoms with Crippen LogP contribution in [0.15, 0.2) is 18.2 Å². The third-order valence-electron chi connectivity index (χ3n) is 3.13. The lowest BCUT2D eigenvalue weighted by Crippen LogP contribution is -2.23. The number of aryl methyl sites for hydroxylation is 1. The summed E-state index contributed by atoms with van der Waals surface area (Å²) in [6.45, 7) is 4.44. The predicted molar refractivity (Wildman–Crippen MR) is 63.2 cm³/mol. The SMILES string of the molecule is Cc1cccc(F)c1NCC1CCOCC1. The minimum absolute atomic E-state index is 0.160. The zero-order chi connectivity index (χ0) is 11.4. The van der Waals surface area contributed by atoms with Gasteiger partial charge in [-0.1, -0.05) is 12.1 Å². The summed E-state index contributed by atoms with van der Waals surface area (Å²) < 4.78 is 18.8. The number of benzene rings is 1. The molecule has 1 N–H and O–H groups in total. The molecule has 0 unspecified atom stereocenters. The van der Waals surface area contributed by atoms with Gasteiger partial charge < -0.3 is 10.1 Å². The second kappa shape index (κ2) is 5.30. The summed E-state index contributed by atoms with van der Waals surface area (Å²) in [5, 5.41) is 3.22. The first kappa shape index (κ1) is 11.4. The number of hydrogen-bond acceptors (Lipinski definition) is 2. The third-order valence-corrected chi connectivity index (χ3v) is 3.13. The van der Waals surface area contributed by atoms with Crippen LogP contribution in [0.3, 0.4) is 0 Å². The van der Waals surface area contributed by atoms with Crippen LogP contribution in [0, 0.1) is 18.7 Å². The topological polar surface area (TPSA) is 21.3 Å². The van der Waals surface area contributed by atoms with Crippen LogP contribution >= 0.6 is 0 Å². The van der Waals surface area contributed by atoms with Gasteiger partial charge in [0, 0.05) is 19.8 Å². The second-order valence-electron chi connectivity index (χ2n) is 4.37. The smallest absolute Gasteiger partial charge is 0.146 e. The highest BCUT2D eigenvalue weighted by Gasteiger charge is 2.14. The molecule has 0 bridgehead atoms. The largest absolute Gasteiger partial charge is 0.382 e. The summed E-state index contributed by atoms with van der Waals surface area (Å²) in [5.74, 6) is 0.444. The molecule has 1 aliphatic rings. The fourth-order valence-corrected chi connectivity index (χ4v) is 2.05. The molecule has 88 valence electrons. The molecule has 1 fully saturated rings. The van der Waals surface area contributed by atoms with Gasteiger partial charge in [-0.3, -0.25) is 0 Å². The van der Waals surface area contributed by atoms with Crippen molar-refractivity contribution in [3.63, 3.8) is 0 Å². The summed E-state index contributed by atoms with van der Waals surface area (Å²) in [4.78, 5) is 0. The van der Waals surface area contributed by atoms with E-state index in [-0.39, 0.29) is 5.82 Å².